The molecule has 3 nitrogen and oxygen atoms in total. The highest BCUT2D eigenvalue weighted by Gasteiger charge is 2.09. The molecule has 3 heteroatoms. The van der Waals surface area contributed by atoms with E-state index in [2.05, 4.69) is 0 Å². The summed E-state index contributed by atoms with van der Waals surface area (Å²) in [6.45, 7) is 3.19. The molecule has 0 bridgehead atoms. The van der Waals surface area contributed by atoms with Gasteiger partial charge in [-0.15, -0.1) is 0 Å². The Morgan fingerprint density at radius 3 is 2.62 bits per heavy atom. The second-order valence-electron chi connectivity index (χ2n) is 2.87. The topological polar surface area (TPSA) is 66.9 Å². The number of Topliss-reactive ketones (excluding diaryl/α,β-unsaturated/α-hetero) is 1. The summed E-state index contributed by atoms with van der Waals surface area (Å²) in [5, 5.41) is 8.68. The van der Waals surface area contributed by atoms with Crippen molar-refractivity contribution < 1.29 is 4.79 Å². The van der Waals surface area contributed by atoms with E-state index in [1.54, 1.807) is 19.1 Å². The first kappa shape index (κ1) is 9.27. The zero-order valence-corrected chi connectivity index (χ0v) is 7.59. The normalized spacial score (nSPS) is 9.31. The average Bonchev–Trinajstić information content (AvgIpc) is 2.09. The van der Waals surface area contributed by atoms with Crippen molar-refractivity contribution in [1.82, 2.24) is 0 Å². The Kier molecular flexibility index (Phi) is 2.34. The van der Waals surface area contributed by atoms with Gasteiger partial charge in [-0.2, -0.15) is 5.26 Å². The second-order valence-corrected chi connectivity index (χ2v) is 2.87. The standard InChI is InChI=1S/C10H10N2O/c1-6-8(5-11)3-4-9(7(2)13)10(6)12/h3-4H,12H2,1-2H3. The van der Waals surface area contributed by atoms with Crippen LogP contribution in [0.2, 0.25) is 0 Å². The van der Waals surface area contributed by atoms with E-state index in [-0.39, 0.29) is 5.78 Å². The number of rotatable bonds is 1. The molecule has 0 aliphatic carbocycles. The van der Waals surface area contributed by atoms with Crippen molar-refractivity contribution in [3.05, 3.63) is 28.8 Å². The SMILES string of the molecule is CC(=O)c1ccc(C#N)c(C)c1N. The van der Waals surface area contributed by atoms with E-state index in [9.17, 15) is 4.79 Å². The molecule has 1 rings (SSSR count). The van der Waals surface area contributed by atoms with Crippen LogP contribution in [0.3, 0.4) is 0 Å². The van der Waals surface area contributed by atoms with Gasteiger partial charge in [-0.25, -0.2) is 0 Å². The van der Waals surface area contributed by atoms with Gasteiger partial charge in [0.2, 0.25) is 0 Å². The molecule has 1 aromatic rings. The molecule has 0 fully saturated rings. The maximum absolute atomic E-state index is 11.1. The Morgan fingerprint density at radius 1 is 1.54 bits per heavy atom. The van der Waals surface area contributed by atoms with E-state index < -0.39 is 0 Å². The average molecular weight is 174 g/mol. The number of hydrogen-bond donors (Lipinski definition) is 1. The molecule has 0 unspecified atom stereocenters. The third-order valence-electron chi connectivity index (χ3n) is 2.01. The predicted octanol–water partition coefficient (Wildman–Crippen LogP) is 1.65. The molecule has 0 aliphatic rings. The summed E-state index contributed by atoms with van der Waals surface area (Å²) in [5.74, 6) is -0.0786. The zero-order chi connectivity index (χ0) is 10.0. The summed E-state index contributed by atoms with van der Waals surface area (Å²) >= 11 is 0. The van der Waals surface area contributed by atoms with Crippen molar-refractivity contribution >= 4 is 11.5 Å². The molecule has 0 aromatic heterocycles. The number of anilines is 1. The van der Waals surface area contributed by atoms with E-state index in [1.807, 2.05) is 6.07 Å². The van der Waals surface area contributed by atoms with Crippen molar-refractivity contribution in [3.63, 3.8) is 0 Å². The van der Waals surface area contributed by atoms with Gasteiger partial charge in [-0.05, 0) is 31.5 Å². The Morgan fingerprint density at radius 2 is 2.15 bits per heavy atom. The molecular formula is C10H10N2O. The molecule has 0 amide bonds. The number of nitrogens with zero attached hydrogens (tertiary/aromatic N) is 1. The summed E-state index contributed by atoms with van der Waals surface area (Å²) < 4.78 is 0. The first-order valence-corrected chi connectivity index (χ1v) is 3.88. The van der Waals surface area contributed by atoms with Gasteiger partial charge < -0.3 is 5.73 Å². The fraction of sp³-hybridized carbons (Fsp3) is 0.200. The molecule has 0 saturated carbocycles. The van der Waals surface area contributed by atoms with Crippen LogP contribution in [0.5, 0.6) is 0 Å². The minimum Gasteiger partial charge on any atom is -0.398 e. The molecule has 1 aromatic carbocycles. The van der Waals surface area contributed by atoms with Gasteiger partial charge in [-0.3, -0.25) is 4.79 Å². The van der Waals surface area contributed by atoms with E-state index >= 15 is 0 Å². The third kappa shape index (κ3) is 1.52. The van der Waals surface area contributed by atoms with Crippen molar-refractivity contribution in [2.45, 2.75) is 13.8 Å². The molecule has 0 atom stereocenters. The van der Waals surface area contributed by atoms with Crippen molar-refractivity contribution in [1.29, 1.82) is 5.26 Å². The summed E-state index contributed by atoms with van der Waals surface area (Å²) in [6, 6.07) is 5.21. The van der Waals surface area contributed by atoms with Crippen LogP contribution in [0, 0.1) is 18.3 Å². The second kappa shape index (κ2) is 3.28. The molecule has 0 saturated heterocycles. The fourth-order valence-electron chi connectivity index (χ4n) is 1.16. The number of nitrogens with two attached hydrogens (primary N) is 1. The van der Waals surface area contributed by atoms with Crippen LogP contribution in [0.4, 0.5) is 5.69 Å². The lowest BCUT2D eigenvalue weighted by molar-refractivity contribution is 0.101. The van der Waals surface area contributed by atoms with Crippen LogP contribution in [-0.2, 0) is 0 Å². The van der Waals surface area contributed by atoms with E-state index in [4.69, 9.17) is 11.0 Å². The number of carbonyl (C=O) groups is 1. The van der Waals surface area contributed by atoms with E-state index in [1.165, 1.54) is 6.92 Å². The molecule has 2 N–H and O–H groups in total. The number of nitrogen functional groups attached to an aromatic ring is 1. The third-order valence-corrected chi connectivity index (χ3v) is 2.01. The summed E-state index contributed by atoms with van der Waals surface area (Å²) in [7, 11) is 0. The Labute approximate surface area is 76.8 Å². The van der Waals surface area contributed by atoms with Crippen LogP contribution >= 0.6 is 0 Å². The van der Waals surface area contributed by atoms with Gasteiger partial charge in [0.05, 0.1) is 11.6 Å². The fourth-order valence-corrected chi connectivity index (χ4v) is 1.16. The van der Waals surface area contributed by atoms with E-state index in [0.29, 0.717) is 22.4 Å². The largest absolute Gasteiger partial charge is 0.398 e. The highest BCUT2D eigenvalue weighted by molar-refractivity contribution is 6.00. The molecule has 0 spiro atoms. The molecule has 13 heavy (non-hydrogen) atoms. The number of benzene rings is 1. The first-order chi connectivity index (χ1) is 6.07. The van der Waals surface area contributed by atoms with Crippen molar-refractivity contribution in [3.8, 4) is 6.07 Å². The van der Waals surface area contributed by atoms with Gasteiger partial charge in [0.25, 0.3) is 0 Å². The maximum Gasteiger partial charge on any atom is 0.161 e. The van der Waals surface area contributed by atoms with Gasteiger partial charge >= 0.3 is 0 Å². The van der Waals surface area contributed by atoms with Gasteiger partial charge in [0.15, 0.2) is 5.78 Å². The Bertz CT molecular complexity index is 402. The number of hydrogen-bond acceptors (Lipinski definition) is 3. The monoisotopic (exact) mass is 174 g/mol. The lowest BCUT2D eigenvalue weighted by atomic mass is 10.0. The lowest BCUT2D eigenvalue weighted by Gasteiger charge is -2.06. The lowest BCUT2D eigenvalue weighted by Crippen LogP contribution is -2.03. The van der Waals surface area contributed by atoms with Crippen LogP contribution < -0.4 is 5.73 Å². The van der Waals surface area contributed by atoms with E-state index in [0.717, 1.165) is 0 Å². The highest BCUT2D eigenvalue weighted by Crippen LogP contribution is 2.20. The summed E-state index contributed by atoms with van der Waals surface area (Å²) in [6.07, 6.45) is 0. The van der Waals surface area contributed by atoms with Crippen molar-refractivity contribution in [2.75, 3.05) is 5.73 Å². The summed E-state index contributed by atoms with van der Waals surface area (Å²) in [5.41, 5.74) is 7.77. The molecule has 0 heterocycles. The quantitative estimate of drug-likeness (QED) is 0.520. The first-order valence-electron chi connectivity index (χ1n) is 3.88. The molecular weight excluding hydrogens is 164 g/mol. The molecule has 0 radical (unpaired) electrons. The van der Waals surface area contributed by atoms with Crippen LogP contribution in [-0.4, -0.2) is 5.78 Å². The minimum atomic E-state index is -0.0786. The summed E-state index contributed by atoms with van der Waals surface area (Å²) in [4.78, 5) is 11.1. The maximum atomic E-state index is 11.1. The van der Waals surface area contributed by atoms with Crippen LogP contribution in [0.15, 0.2) is 12.1 Å². The van der Waals surface area contributed by atoms with Crippen molar-refractivity contribution in [2.24, 2.45) is 0 Å². The van der Waals surface area contributed by atoms with Gasteiger partial charge in [0, 0.05) is 11.3 Å². The highest BCUT2D eigenvalue weighted by atomic mass is 16.1. The number of carbonyl (C=O) groups excluding carboxylic acids is 1. The van der Waals surface area contributed by atoms with Gasteiger partial charge in [0.1, 0.15) is 0 Å². The van der Waals surface area contributed by atoms with Gasteiger partial charge in [-0.1, -0.05) is 0 Å². The number of ketones is 1. The molecule has 66 valence electrons. The smallest absolute Gasteiger partial charge is 0.161 e. The Hall–Kier alpha value is -1.82. The van der Waals surface area contributed by atoms with Crippen LogP contribution in [0.25, 0.3) is 0 Å². The minimum absolute atomic E-state index is 0.0786. The molecule has 0 aliphatic heterocycles. The number of nitriles is 1. The zero-order valence-electron chi connectivity index (χ0n) is 7.59. The van der Waals surface area contributed by atoms with Crippen LogP contribution in [0.1, 0.15) is 28.4 Å². The predicted molar refractivity (Wildman–Crippen MR) is 50.3 cm³/mol. The Balaban J connectivity index is 3.42.